The first-order valence-corrected chi connectivity index (χ1v) is 4.25. The highest BCUT2D eigenvalue weighted by Crippen LogP contribution is 2.30. The summed E-state index contributed by atoms with van der Waals surface area (Å²) in [6.07, 6.45) is 1.56. The van der Waals surface area contributed by atoms with Crippen LogP contribution in [0.15, 0.2) is 18.3 Å². The zero-order valence-corrected chi connectivity index (χ0v) is 8.15. The first-order chi connectivity index (χ1) is 7.49. The molecule has 1 heterocycles. The van der Waals surface area contributed by atoms with Crippen molar-refractivity contribution >= 4 is 22.3 Å². The Kier molecular flexibility index (Phi) is 2.04. The van der Waals surface area contributed by atoms with Crippen LogP contribution in [0, 0.1) is 20.2 Å². The molecule has 2 aromatic rings. The van der Waals surface area contributed by atoms with E-state index in [1.54, 1.807) is 13.2 Å². The fourth-order valence-electron chi connectivity index (χ4n) is 1.46. The Labute approximate surface area is 88.4 Å². The molecule has 0 saturated heterocycles. The van der Waals surface area contributed by atoms with E-state index in [0.717, 1.165) is 12.1 Å². The molecule has 16 heavy (non-hydrogen) atoms. The van der Waals surface area contributed by atoms with Gasteiger partial charge in [-0.1, -0.05) is 0 Å². The van der Waals surface area contributed by atoms with E-state index >= 15 is 0 Å². The molecule has 0 radical (unpaired) electrons. The van der Waals surface area contributed by atoms with Gasteiger partial charge in [-0.2, -0.15) is 5.10 Å². The van der Waals surface area contributed by atoms with Gasteiger partial charge in [-0.25, -0.2) is 0 Å². The van der Waals surface area contributed by atoms with E-state index in [4.69, 9.17) is 0 Å². The highest BCUT2D eigenvalue weighted by molar-refractivity contribution is 5.84. The number of rotatable bonds is 2. The molecule has 0 unspecified atom stereocenters. The first-order valence-electron chi connectivity index (χ1n) is 4.25. The van der Waals surface area contributed by atoms with Crippen molar-refractivity contribution in [2.24, 2.45) is 7.05 Å². The summed E-state index contributed by atoms with van der Waals surface area (Å²) in [7, 11) is 1.64. The van der Waals surface area contributed by atoms with Crippen LogP contribution < -0.4 is 0 Å². The Morgan fingerprint density at radius 2 is 1.75 bits per heavy atom. The largest absolute Gasteiger partial charge is 0.348 e. The summed E-state index contributed by atoms with van der Waals surface area (Å²) in [6, 6.07) is 2.26. The Morgan fingerprint density at radius 1 is 1.19 bits per heavy atom. The van der Waals surface area contributed by atoms with Crippen molar-refractivity contribution in [2.75, 3.05) is 0 Å². The van der Waals surface area contributed by atoms with Crippen LogP contribution in [0.2, 0.25) is 0 Å². The highest BCUT2D eigenvalue weighted by Gasteiger charge is 2.25. The Hall–Kier alpha value is -2.51. The van der Waals surface area contributed by atoms with Crippen LogP contribution in [0.3, 0.4) is 0 Å². The van der Waals surface area contributed by atoms with Crippen LogP contribution in [0.4, 0.5) is 11.4 Å². The number of aryl methyl sites for hydroxylation is 1. The number of nitrogens with zero attached hydrogens (tertiary/aromatic N) is 4. The van der Waals surface area contributed by atoms with Crippen LogP contribution in [0.25, 0.3) is 10.9 Å². The minimum absolute atomic E-state index is 0.361. The number of nitro groups is 2. The summed E-state index contributed by atoms with van der Waals surface area (Å²) in [5, 5.41) is 25.7. The van der Waals surface area contributed by atoms with Crippen LogP contribution >= 0.6 is 0 Å². The van der Waals surface area contributed by atoms with Gasteiger partial charge in [0.15, 0.2) is 0 Å². The van der Waals surface area contributed by atoms with Gasteiger partial charge in [0, 0.05) is 24.7 Å². The lowest BCUT2D eigenvalue weighted by Crippen LogP contribution is -1.96. The SMILES string of the molecule is Cn1cc2cc([N+](=O)[O-])c([N+](=O)[O-])cc2n1. The van der Waals surface area contributed by atoms with E-state index in [1.807, 2.05) is 0 Å². The molecule has 1 aromatic heterocycles. The number of aromatic nitrogens is 2. The number of nitro benzene ring substituents is 2. The number of hydrogen-bond acceptors (Lipinski definition) is 5. The van der Waals surface area contributed by atoms with E-state index < -0.39 is 21.2 Å². The van der Waals surface area contributed by atoms with Gasteiger partial charge >= 0.3 is 11.4 Å². The first kappa shape index (κ1) is 10.0. The molecule has 0 amide bonds. The van der Waals surface area contributed by atoms with Crippen molar-refractivity contribution in [3.05, 3.63) is 38.6 Å². The Morgan fingerprint density at radius 3 is 2.31 bits per heavy atom. The van der Waals surface area contributed by atoms with Gasteiger partial charge < -0.3 is 0 Å². The maximum absolute atomic E-state index is 10.7. The van der Waals surface area contributed by atoms with E-state index in [1.165, 1.54) is 4.68 Å². The van der Waals surface area contributed by atoms with E-state index in [9.17, 15) is 20.2 Å². The van der Waals surface area contributed by atoms with Gasteiger partial charge in [-0.05, 0) is 0 Å². The molecular formula is C8H6N4O4. The second-order valence-electron chi connectivity index (χ2n) is 3.22. The minimum atomic E-state index is -0.785. The molecule has 0 spiro atoms. The maximum Gasteiger partial charge on any atom is 0.348 e. The molecular weight excluding hydrogens is 216 g/mol. The standard InChI is InChI=1S/C8H6N4O4/c1-10-4-5-2-7(11(13)14)8(12(15)16)3-6(5)9-10/h2-4H,1H3. The summed E-state index contributed by atoms with van der Waals surface area (Å²) >= 11 is 0. The quantitative estimate of drug-likeness (QED) is 0.564. The van der Waals surface area contributed by atoms with E-state index in [-0.39, 0.29) is 0 Å². The smallest absolute Gasteiger partial charge is 0.275 e. The third-order valence-electron chi connectivity index (χ3n) is 2.11. The summed E-state index contributed by atoms with van der Waals surface area (Å²) in [6.45, 7) is 0. The molecule has 0 atom stereocenters. The third-order valence-corrected chi connectivity index (χ3v) is 2.11. The van der Waals surface area contributed by atoms with Crippen molar-refractivity contribution < 1.29 is 9.85 Å². The van der Waals surface area contributed by atoms with Gasteiger partial charge in [0.05, 0.1) is 21.4 Å². The molecule has 82 valence electrons. The number of fused-ring (bicyclic) bond motifs is 1. The Bertz CT molecular complexity index is 552. The molecule has 0 bridgehead atoms. The maximum atomic E-state index is 10.7. The molecule has 0 N–H and O–H groups in total. The van der Waals surface area contributed by atoms with Gasteiger partial charge in [-0.3, -0.25) is 24.9 Å². The summed E-state index contributed by atoms with van der Waals surface area (Å²) in [4.78, 5) is 19.7. The van der Waals surface area contributed by atoms with E-state index in [0.29, 0.717) is 10.9 Å². The summed E-state index contributed by atoms with van der Waals surface area (Å²) < 4.78 is 1.44. The van der Waals surface area contributed by atoms with Crippen LogP contribution in [-0.4, -0.2) is 19.6 Å². The second-order valence-corrected chi connectivity index (χ2v) is 3.22. The van der Waals surface area contributed by atoms with Crippen LogP contribution in [0.5, 0.6) is 0 Å². The average molecular weight is 222 g/mol. The van der Waals surface area contributed by atoms with E-state index in [2.05, 4.69) is 5.10 Å². The van der Waals surface area contributed by atoms with Gasteiger partial charge in [-0.15, -0.1) is 0 Å². The molecule has 0 aliphatic rings. The fourth-order valence-corrected chi connectivity index (χ4v) is 1.46. The Balaban J connectivity index is 2.80. The van der Waals surface area contributed by atoms with Gasteiger partial charge in [0.2, 0.25) is 0 Å². The molecule has 0 aliphatic heterocycles. The fraction of sp³-hybridized carbons (Fsp3) is 0.125. The predicted molar refractivity (Wildman–Crippen MR) is 54.0 cm³/mol. The van der Waals surface area contributed by atoms with Crippen LogP contribution in [-0.2, 0) is 7.05 Å². The van der Waals surface area contributed by atoms with Crippen molar-refractivity contribution in [3.8, 4) is 0 Å². The molecule has 2 rings (SSSR count). The monoisotopic (exact) mass is 222 g/mol. The van der Waals surface area contributed by atoms with Crippen molar-refractivity contribution in [1.82, 2.24) is 9.78 Å². The van der Waals surface area contributed by atoms with Gasteiger partial charge in [0.25, 0.3) is 0 Å². The van der Waals surface area contributed by atoms with Gasteiger partial charge in [0.1, 0.15) is 0 Å². The molecule has 0 fully saturated rings. The third kappa shape index (κ3) is 1.45. The summed E-state index contributed by atoms with van der Waals surface area (Å²) in [5.41, 5.74) is -0.707. The lowest BCUT2D eigenvalue weighted by molar-refractivity contribution is -0.422. The zero-order chi connectivity index (χ0) is 11.9. The van der Waals surface area contributed by atoms with Crippen molar-refractivity contribution in [1.29, 1.82) is 0 Å². The minimum Gasteiger partial charge on any atom is -0.275 e. The molecule has 1 aromatic carbocycles. The zero-order valence-electron chi connectivity index (χ0n) is 8.15. The highest BCUT2D eigenvalue weighted by atomic mass is 16.6. The number of benzene rings is 1. The number of hydrogen-bond donors (Lipinski definition) is 0. The molecule has 8 nitrogen and oxygen atoms in total. The lowest BCUT2D eigenvalue weighted by Gasteiger charge is -1.94. The normalized spacial score (nSPS) is 10.6. The summed E-state index contributed by atoms with van der Waals surface area (Å²) in [5.74, 6) is 0. The van der Waals surface area contributed by atoms with Crippen molar-refractivity contribution in [3.63, 3.8) is 0 Å². The molecule has 0 saturated carbocycles. The predicted octanol–water partition coefficient (Wildman–Crippen LogP) is 1.39. The second kappa shape index (κ2) is 3.26. The van der Waals surface area contributed by atoms with Crippen molar-refractivity contribution in [2.45, 2.75) is 0 Å². The topological polar surface area (TPSA) is 104 Å². The molecule has 0 aliphatic carbocycles. The van der Waals surface area contributed by atoms with Crippen LogP contribution in [0.1, 0.15) is 0 Å². The average Bonchev–Trinajstić information content (AvgIpc) is 2.54. The lowest BCUT2D eigenvalue weighted by atomic mass is 10.2. The molecule has 8 heteroatoms.